The van der Waals surface area contributed by atoms with Gasteiger partial charge in [-0.05, 0) is 24.3 Å². The van der Waals surface area contributed by atoms with Crippen LogP contribution in [0.2, 0.25) is 0 Å². The van der Waals surface area contributed by atoms with E-state index in [-0.39, 0.29) is 24.1 Å². The summed E-state index contributed by atoms with van der Waals surface area (Å²) in [7, 11) is 1.63. The van der Waals surface area contributed by atoms with E-state index in [9.17, 15) is 4.79 Å². The number of pyridine rings is 1. The first-order chi connectivity index (χ1) is 15.2. The zero-order chi connectivity index (χ0) is 21.5. The second kappa shape index (κ2) is 11.2. The molecule has 32 heavy (non-hydrogen) atoms. The van der Waals surface area contributed by atoms with Crippen molar-refractivity contribution in [1.82, 2.24) is 25.0 Å². The molecule has 0 aliphatic carbocycles. The number of methoxy groups -OCH3 is 1. The highest BCUT2D eigenvalue weighted by Gasteiger charge is 2.18. The maximum absolute atomic E-state index is 12.8. The van der Waals surface area contributed by atoms with Crippen LogP contribution in [0.15, 0.2) is 59.5 Å². The SMILES string of the molecule is COCCOCCn1cc(NC(=O)c2ccc(-c3cn[nH]c3)o2)c(-c2ccccn2)n1.Cl. The second-order valence-corrected chi connectivity index (χ2v) is 6.58. The number of anilines is 1. The topological polar surface area (TPSA) is 120 Å². The molecule has 0 radical (unpaired) electrons. The third-order valence-corrected chi connectivity index (χ3v) is 4.43. The van der Waals surface area contributed by atoms with Gasteiger partial charge in [0, 0.05) is 25.7 Å². The lowest BCUT2D eigenvalue weighted by atomic mass is 10.2. The molecule has 0 spiro atoms. The van der Waals surface area contributed by atoms with Crippen LogP contribution in [-0.4, -0.2) is 57.8 Å². The number of hydrogen-bond acceptors (Lipinski definition) is 7. The smallest absolute Gasteiger partial charge is 0.291 e. The molecule has 4 aromatic rings. The summed E-state index contributed by atoms with van der Waals surface area (Å²) >= 11 is 0. The third kappa shape index (κ3) is 5.61. The molecule has 0 saturated heterocycles. The maximum Gasteiger partial charge on any atom is 0.291 e. The van der Waals surface area contributed by atoms with E-state index in [0.29, 0.717) is 49.2 Å². The molecule has 168 valence electrons. The minimum atomic E-state index is -0.386. The van der Waals surface area contributed by atoms with E-state index < -0.39 is 0 Å². The van der Waals surface area contributed by atoms with Gasteiger partial charge in [-0.3, -0.25) is 19.6 Å². The predicted molar refractivity (Wildman–Crippen MR) is 120 cm³/mol. The summed E-state index contributed by atoms with van der Waals surface area (Å²) in [6.07, 6.45) is 6.75. The van der Waals surface area contributed by atoms with Gasteiger partial charge in [0.15, 0.2) is 5.76 Å². The molecule has 1 amide bonds. The number of hydrogen-bond donors (Lipinski definition) is 2. The molecule has 4 heterocycles. The molecule has 4 rings (SSSR count). The molecule has 0 aliphatic heterocycles. The maximum atomic E-state index is 12.8. The van der Waals surface area contributed by atoms with E-state index in [1.54, 1.807) is 48.7 Å². The first kappa shape index (κ1) is 23.2. The van der Waals surface area contributed by atoms with Gasteiger partial charge in [-0.15, -0.1) is 12.4 Å². The van der Waals surface area contributed by atoms with E-state index in [1.807, 2.05) is 18.2 Å². The summed E-state index contributed by atoms with van der Waals surface area (Å²) < 4.78 is 17.9. The predicted octanol–water partition coefficient (Wildman–Crippen LogP) is 3.27. The Kier molecular flexibility index (Phi) is 8.14. The Hall–Kier alpha value is -3.47. The number of nitrogens with one attached hydrogen (secondary N) is 2. The minimum absolute atomic E-state index is 0. The van der Waals surface area contributed by atoms with Gasteiger partial charge in [0.25, 0.3) is 5.91 Å². The fourth-order valence-electron chi connectivity index (χ4n) is 2.91. The average molecular weight is 459 g/mol. The van der Waals surface area contributed by atoms with E-state index in [4.69, 9.17) is 13.9 Å². The molecule has 10 nitrogen and oxygen atoms in total. The Morgan fingerprint density at radius 1 is 1.22 bits per heavy atom. The number of H-pyrrole nitrogens is 1. The molecule has 2 N–H and O–H groups in total. The van der Waals surface area contributed by atoms with Gasteiger partial charge >= 0.3 is 0 Å². The van der Waals surface area contributed by atoms with Gasteiger partial charge < -0.3 is 19.2 Å². The Labute approximate surface area is 190 Å². The Bertz CT molecular complexity index is 1110. The van der Waals surface area contributed by atoms with Crippen molar-refractivity contribution in [3.05, 3.63) is 60.9 Å². The van der Waals surface area contributed by atoms with Crippen molar-refractivity contribution in [3.8, 4) is 22.7 Å². The summed E-state index contributed by atoms with van der Waals surface area (Å²) in [5, 5.41) is 14.1. The zero-order valence-corrected chi connectivity index (χ0v) is 18.2. The van der Waals surface area contributed by atoms with Crippen molar-refractivity contribution < 1.29 is 18.7 Å². The molecule has 0 fully saturated rings. The number of nitrogens with zero attached hydrogens (tertiary/aromatic N) is 4. The van der Waals surface area contributed by atoms with Crippen LogP contribution in [0.1, 0.15) is 10.6 Å². The summed E-state index contributed by atoms with van der Waals surface area (Å²) in [6, 6.07) is 8.86. The number of furan rings is 1. The summed E-state index contributed by atoms with van der Waals surface area (Å²) in [6.45, 7) is 2.02. The minimum Gasteiger partial charge on any atom is -0.451 e. The van der Waals surface area contributed by atoms with Crippen molar-refractivity contribution >= 4 is 24.0 Å². The van der Waals surface area contributed by atoms with Crippen LogP contribution in [0, 0.1) is 0 Å². The van der Waals surface area contributed by atoms with Gasteiger partial charge in [0.05, 0.1) is 49.5 Å². The van der Waals surface area contributed by atoms with Crippen molar-refractivity contribution in [2.75, 3.05) is 32.2 Å². The van der Waals surface area contributed by atoms with Crippen molar-refractivity contribution in [2.45, 2.75) is 6.54 Å². The summed E-state index contributed by atoms with van der Waals surface area (Å²) in [5.41, 5.74) is 2.50. The van der Waals surface area contributed by atoms with Crippen molar-refractivity contribution in [2.24, 2.45) is 0 Å². The van der Waals surface area contributed by atoms with Crippen molar-refractivity contribution in [1.29, 1.82) is 0 Å². The lowest BCUT2D eigenvalue weighted by molar-refractivity contribution is 0.0654. The Balaban J connectivity index is 0.00000289. The molecular formula is C21H23ClN6O4. The Morgan fingerprint density at radius 3 is 2.88 bits per heavy atom. The molecule has 0 aromatic carbocycles. The fraction of sp³-hybridized carbons (Fsp3) is 0.238. The normalized spacial score (nSPS) is 10.7. The molecule has 0 saturated carbocycles. The molecule has 0 atom stereocenters. The number of ether oxygens (including phenoxy) is 2. The highest BCUT2D eigenvalue weighted by molar-refractivity contribution is 6.04. The Morgan fingerprint density at radius 2 is 2.12 bits per heavy atom. The average Bonchev–Trinajstić information content (AvgIpc) is 3.55. The summed E-state index contributed by atoms with van der Waals surface area (Å²) in [5.74, 6) is 0.342. The molecular weight excluding hydrogens is 436 g/mol. The number of amides is 1. The number of halogens is 1. The van der Waals surface area contributed by atoms with E-state index in [2.05, 4.69) is 25.6 Å². The van der Waals surface area contributed by atoms with Crippen LogP contribution in [0.25, 0.3) is 22.7 Å². The largest absolute Gasteiger partial charge is 0.451 e. The number of carbonyl (C=O) groups excluding carboxylic acids is 1. The number of aromatic amines is 1. The van der Waals surface area contributed by atoms with Crippen LogP contribution in [0.5, 0.6) is 0 Å². The molecule has 0 aliphatic rings. The van der Waals surface area contributed by atoms with Gasteiger partial charge in [0.2, 0.25) is 0 Å². The van der Waals surface area contributed by atoms with Crippen LogP contribution in [0.4, 0.5) is 5.69 Å². The quantitative estimate of drug-likeness (QED) is 0.350. The number of rotatable bonds is 10. The first-order valence-corrected chi connectivity index (χ1v) is 9.70. The lowest BCUT2D eigenvalue weighted by Gasteiger charge is -2.03. The molecule has 4 aromatic heterocycles. The monoisotopic (exact) mass is 458 g/mol. The third-order valence-electron chi connectivity index (χ3n) is 4.43. The lowest BCUT2D eigenvalue weighted by Crippen LogP contribution is -2.11. The van der Waals surface area contributed by atoms with Gasteiger partial charge in [0.1, 0.15) is 11.5 Å². The fourth-order valence-corrected chi connectivity index (χ4v) is 2.91. The van der Waals surface area contributed by atoms with E-state index in [1.165, 1.54) is 0 Å². The van der Waals surface area contributed by atoms with Gasteiger partial charge in [-0.25, -0.2) is 0 Å². The summed E-state index contributed by atoms with van der Waals surface area (Å²) in [4.78, 5) is 17.2. The van der Waals surface area contributed by atoms with Crippen LogP contribution < -0.4 is 5.32 Å². The van der Waals surface area contributed by atoms with E-state index in [0.717, 1.165) is 5.56 Å². The second-order valence-electron chi connectivity index (χ2n) is 6.58. The van der Waals surface area contributed by atoms with Crippen molar-refractivity contribution in [3.63, 3.8) is 0 Å². The highest BCUT2D eigenvalue weighted by Crippen LogP contribution is 2.26. The standard InChI is InChI=1S/C21H22N6O4.ClH/c1-29-10-11-30-9-8-27-14-17(20(26-27)16-4-2-3-7-22-16)25-21(28)19-6-5-18(31-19)15-12-23-24-13-15;/h2-7,12-14H,8-11H2,1H3,(H,23,24)(H,25,28);1H. The molecule has 0 bridgehead atoms. The van der Waals surface area contributed by atoms with E-state index >= 15 is 0 Å². The first-order valence-electron chi connectivity index (χ1n) is 9.70. The van der Waals surface area contributed by atoms with Gasteiger partial charge in [-0.2, -0.15) is 10.2 Å². The molecule has 11 heteroatoms. The van der Waals surface area contributed by atoms with Crippen LogP contribution >= 0.6 is 12.4 Å². The molecule has 0 unspecified atom stereocenters. The van der Waals surface area contributed by atoms with Crippen LogP contribution in [-0.2, 0) is 16.0 Å². The number of aromatic nitrogens is 5. The zero-order valence-electron chi connectivity index (χ0n) is 17.4. The highest BCUT2D eigenvalue weighted by atomic mass is 35.5. The van der Waals surface area contributed by atoms with Crippen LogP contribution in [0.3, 0.4) is 0 Å². The number of carbonyl (C=O) groups is 1. The van der Waals surface area contributed by atoms with Gasteiger partial charge in [-0.1, -0.05) is 6.07 Å².